The van der Waals surface area contributed by atoms with Crippen molar-refractivity contribution in [2.75, 3.05) is 0 Å². The van der Waals surface area contributed by atoms with Gasteiger partial charge in [-0.1, -0.05) is 6.07 Å². The molecule has 0 fully saturated rings. The zero-order chi connectivity index (χ0) is 13.3. The molecule has 1 heterocycles. The van der Waals surface area contributed by atoms with Gasteiger partial charge in [0.25, 0.3) is 0 Å². The maximum absolute atomic E-state index is 10.6. The predicted molar refractivity (Wildman–Crippen MR) is 65.9 cm³/mol. The van der Waals surface area contributed by atoms with E-state index in [1.165, 1.54) is 0 Å². The smallest absolute Gasteiger partial charge is 0.304 e. The number of nitrogens with zero attached hydrogens (tertiary/aromatic N) is 1. The summed E-state index contributed by atoms with van der Waals surface area (Å²) in [6, 6.07) is 4.14. The van der Waals surface area contributed by atoms with Crippen molar-refractivity contribution in [1.29, 1.82) is 0 Å². The lowest BCUT2D eigenvalue weighted by atomic mass is 9.98. The number of aliphatic carboxylic acids is 1. The standard InChI is InChI=1S/C12H15N3O3/c1-6-15-9-4-7(2-3-10(9)18-6)12(14)8(13)5-11(16)17/h2-4,8,12H,5,13-14H2,1H3,(H,16,17). The highest BCUT2D eigenvalue weighted by atomic mass is 16.4. The van der Waals surface area contributed by atoms with Gasteiger partial charge in [0.05, 0.1) is 6.42 Å². The quantitative estimate of drug-likeness (QED) is 0.742. The third-order valence-corrected chi connectivity index (χ3v) is 2.78. The lowest BCUT2D eigenvalue weighted by Crippen LogP contribution is -2.36. The van der Waals surface area contributed by atoms with Crippen molar-refractivity contribution in [2.24, 2.45) is 11.5 Å². The summed E-state index contributed by atoms with van der Waals surface area (Å²) in [5.41, 5.74) is 13.8. The van der Waals surface area contributed by atoms with Crippen LogP contribution >= 0.6 is 0 Å². The lowest BCUT2D eigenvalue weighted by Gasteiger charge is -2.18. The SMILES string of the molecule is Cc1nc2cc(C(N)C(N)CC(=O)O)ccc2o1. The van der Waals surface area contributed by atoms with Gasteiger partial charge in [-0.25, -0.2) is 4.98 Å². The number of carboxylic acid groups (broad SMARTS) is 1. The zero-order valence-corrected chi connectivity index (χ0v) is 9.96. The Balaban J connectivity index is 2.26. The van der Waals surface area contributed by atoms with E-state index in [1.54, 1.807) is 25.1 Å². The molecule has 6 heteroatoms. The molecule has 0 saturated carbocycles. The third-order valence-electron chi connectivity index (χ3n) is 2.78. The Labute approximate surface area is 104 Å². The van der Waals surface area contributed by atoms with E-state index in [-0.39, 0.29) is 6.42 Å². The van der Waals surface area contributed by atoms with Gasteiger partial charge in [-0.2, -0.15) is 0 Å². The molecule has 0 bridgehead atoms. The predicted octanol–water partition coefficient (Wildman–Crippen LogP) is 0.938. The fourth-order valence-electron chi connectivity index (χ4n) is 1.84. The van der Waals surface area contributed by atoms with Crippen LogP contribution in [0.2, 0.25) is 0 Å². The molecule has 96 valence electrons. The van der Waals surface area contributed by atoms with E-state index in [0.29, 0.717) is 17.0 Å². The maximum atomic E-state index is 10.6. The molecule has 2 unspecified atom stereocenters. The van der Waals surface area contributed by atoms with E-state index in [2.05, 4.69) is 4.98 Å². The number of rotatable bonds is 4. The summed E-state index contributed by atoms with van der Waals surface area (Å²) in [5, 5.41) is 8.69. The summed E-state index contributed by atoms with van der Waals surface area (Å²) in [7, 11) is 0. The molecule has 0 aliphatic carbocycles. The molecular formula is C12H15N3O3. The van der Waals surface area contributed by atoms with Gasteiger partial charge < -0.3 is 21.0 Å². The number of hydrogen-bond donors (Lipinski definition) is 3. The second-order valence-electron chi connectivity index (χ2n) is 4.25. The van der Waals surface area contributed by atoms with Crippen molar-refractivity contribution < 1.29 is 14.3 Å². The molecule has 1 aromatic carbocycles. The van der Waals surface area contributed by atoms with Crippen molar-refractivity contribution in [1.82, 2.24) is 4.98 Å². The molecule has 0 saturated heterocycles. The van der Waals surface area contributed by atoms with Crippen LogP contribution in [0, 0.1) is 6.92 Å². The molecular weight excluding hydrogens is 234 g/mol. The molecule has 2 rings (SSSR count). The zero-order valence-electron chi connectivity index (χ0n) is 9.96. The van der Waals surface area contributed by atoms with Gasteiger partial charge in [0.1, 0.15) is 5.52 Å². The van der Waals surface area contributed by atoms with Gasteiger partial charge in [0.15, 0.2) is 11.5 Å². The summed E-state index contributed by atoms with van der Waals surface area (Å²) in [4.78, 5) is 14.8. The highest BCUT2D eigenvalue weighted by Gasteiger charge is 2.19. The minimum atomic E-state index is -0.962. The van der Waals surface area contributed by atoms with E-state index >= 15 is 0 Å². The van der Waals surface area contributed by atoms with Crippen LogP contribution in [0.5, 0.6) is 0 Å². The van der Waals surface area contributed by atoms with Gasteiger partial charge in [-0.05, 0) is 17.7 Å². The van der Waals surface area contributed by atoms with Crippen LogP contribution in [0.3, 0.4) is 0 Å². The molecule has 18 heavy (non-hydrogen) atoms. The average molecular weight is 249 g/mol. The maximum Gasteiger partial charge on any atom is 0.304 e. The average Bonchev–Trinajstić information content (AvgIpc) is 2.65. The number of fused-ring (bicyclic) bond motifs is 1. The number of nitrogens with two attached hydrogens (primary N) is 2. The van der Waals surface area contributed by atoms with Gasteiger partial charge in [-0.3, -0.25) is 4.79 Å². The minimum Gasteiger partial charge on any atom is -0.481 e. The number of aryl methyl sites for hydroxylation is 1. The van der Waals surface area contributed by atoms with Crippen molar-refractivity contribution in [3.63, 3.8) is 0 Å². The summed E-state index contributed by atoms with van der Waals surface area (Å²) in [6.45, 7) is 1.76. The van der Waals surface area contributed by atoms with Gasteiger partial charge in [0.2, 0.25) is 0 Å². The van der Waals surface area contributed by atoms with Crippen molar-refractivity contribution in [2.45, 2.75) is 25.4 Å². The van der Waals surface area contributed by atoms with Crippen molar-refractivity contribution in [3.8, 4) is 0 Å². The Morgan fingerprint density at radius 3 is 2.89 bits per heavy atom. The van der Waals surface area contributed by atoms with Crippen molar-refractivity contribution in [3.05, 3.63) is 29.7 Å². The van der Waals surface area contributed by atoms with Crippen LogP contribution in [0.25, 0.3) is 11.1 Å². The molecule has 2 aromatic rings. The first kappa shape index (κ1) is 12.5. The lowest BCUT2D eigenvalue weighted by molar-refractivity contribution is -0.137. The van der Waals surface area contributed by atoms with Gasteiger partial charge in [0, 0.05) is 19.0 Å². The first-order valence-corrected chi connectivity index (χ1v) is 5.57. The molecule has 0 aliphatic rings. The van der Waals surface area contributed by atoms with Crippen LogP contribution in [0.15, 0.2) is 22.6 Å². The van der Waals surface area contributed by atoms with Crippen LogP contribution in [0.4, 0.5) is 0 Å². The Morgan fingerprint density at radius 1 is 1.50 bits per heavy atom. The summed E-state index contributed by atoms with van der Waals surface area (Å²) in [5.74, 6) is -0.387. The Morgan fingerprint density at radius 2 is 2.22 bits per heavy atom. The van der Waals surface area contributed by atoms with E-state index in [0.717, 1.165) is 5.56 Å². The van der Waals surface area contributed by atoms with E-state index in [1.807, 2.05) is 0 Å². The molecule has 0 amide bonds. The highest BCUT2D eigenvalue weighted by Crippen LogP contribution is 2.21. The third kappa shape index (κ3) is 2.49. The number of carbonyl (C=O) groups is 1. The topological polar surface area (TPSA) is 115 Å². The van der Waals surface area contributed by atoms with Crippen LogP contribution < -0.4 is 11.5 Å². The number of hydrogen-bond acceptors (Lipinski definition) is 5. The molecule has 0 aliphatic heterocycles. The van der Waals surface area contributed by atoms with E-state index < -0.39 is 18.1 Å². The summed E-state index contributed by atoms with van der Waals surface area (Å²) >= 11 is 0. The molecule has 0 spiro atoms. The van der Waals surface area contributed by atoms with E-state index in [9.17, 15) is 4.79 Å². The second kappa shape index (κ2) is 4.75. The minimum absolute atomic E-state index is 0.170. The molecule has 5 N–H and O–H groups in total. The molecule has 1 aromatic heterocycles. The van der Waals surface area contributed by atoms with Crippen LogP contribution in [-0.4, -0.2) is 22.1 Å². The summed E-state index contributed by atoms with van der Waals surface area (Å²) in [6.07, 6.45) is -0.170. The Hall–Kier alpha value is -1.92. The normalized spacial score (nSPS) is 14.6. The van der Waals surface area contributed by atoms with Gasteiger partial charge in [-0.15, -0.1) is 0 Å². The summed E-state index contributed by atoms with van der Waals surface area (Å²) < 4.78 is 5.35. The molecule has 0 radical (unpaired) electrons. The number of carboxylic acids is 1. The largest absolute Gasteiger partial charge is 0.481 e. The first-order chi connectivity index (χ1) is 8.47. The Bertz CT molecular complexity index is 579. The van der Waals surface area contributed by atoms with Gasteiger partial charge >= 0.3 is 5.97 Å². The second-order valence-corrected chi connectivity index (χ2v) is 4.25. The van der Waals surface area contributed by atoms with Crippen LogP contribution in [0.1, 0.15) is 23.9 Å². The first-order valence-electron chi connectivity index (χ1n) is 5.57. The number of oxazole rings is 1. The fourth-order valence-corrected chi connectivity index (χ4v) is 1.84. The van der Waals surface area contributed by atoms with E-state index in [4.69, 9.17) is 21.0 Å². The highest BCUT2D eigenvalue weighted by molar-refractivity contribution is 5.73. The van der Waals surface area contributed by atoms with Crippen LogP contribution in [-0.2, 0) is 4.79 Å². The molecule has 6 nitrogen and oxygen atoms in total. The molecule has 2 atom stereocenters. The Kier molecular flexibility index (Phi) is 3.31. The monoisotopic (exact) mass is 249 g/mol. The number of aromatic nitrogens is 1. The number of benzene rings is 1. The van der Waals surface area contributed by atoms with Crippen molar-refractivity contribution >= 4 is 17.1 Å². The fraction of sp³-hybridized carbons (Fsp3) is 0.333.